The summed E-state index contributed by atoms with van der Waals surface area (Å²) in [6.45, 7) is 0.910. The Labute approximate surface area is 58.1 Å². The summed E-state index contributed by atoms with van der Waals surface area (Å²) in [7, 11) is 0. The first-order chi connectivity index (χ1) is 4.47. The molecule has 0 saturated heterocycles. The molecule has 0 fully saturated rings. The van der Waals surface area contributed by atoms with Crippen molar-refractivity contribution < 1.29 is 0 Å². The minimum Gasteiger partial charge on any atom is -0.292 e. The molecule has 2 heterocycles. The van der Waals surface area contributed by atoms with E-state index in [4.69, 9.17) is 0 Å². The smallest absolute Gasteiger partial charge is 0.0731 e. The van der Waals surface area contributed by atoms with E-state index in [9.17, 15) is 0 Å². The molecule has 0 unspecified atom stereocenters. The summed E-state index contributed by atoms with van der Waals surface area (Å²) in [6.07, 6.45) is 3.04. The van der Waals surface area contributed by atoms with Crippen molar-refractivity contribution in [3.63, 3.8) is 0 Å². The zero-order valence-electron chi connectivity index (χ0n) is 5.00. The molecule has 1 aromatic rings. The van der Waals surface area contributed by atoms with Crippen LogP contribution in [0.3, 0.4) is 0 Å². The molecule has 9 heavy (non-hydrogen) atoms. The average molecular weight is 137 g/mol. The van der Waals surface area contributed by atoms with Crippen LogP contribution in [-0.4, -0.2) is 6.21 Å². The second-order valence-corrected chi connectivity index (χ2v) is 3.10. The first-order valence-electron chi connectivity index (χ1n) is 3.00. The minimum atomic E-state index is 0.910. The van der Waals surface area contributed by atoms with E-state index in [2.05, 4.69) is 16.4 Å². The van der Waals surface area contributed by atoms with Gasteiger partial charge in [-0.2, -0.15) is 0 Å². The van der Waals surface area contributed by atoms with Crippen LogP contribution in [0, 0.1) is 0 Å². The lowest BCUT2D eigenvalue weighted by molar-refractivity contribution is 1.04. The maximum atomic E-state index is 4.18. The predicted octanol–water partition coefficient (Wildman–Crippen LogP) is 1.88. The molecule has 1 nitrogen and oxygen atoms in total. The Balaban J connectivity index is 2.46. The number of nitrogens with zero attached hydrogens (tertiary/aromatic N) is 1. The van der Waals surface area contributed by atoms with Crippen molar-refractivity contribution in [2.24, 2.45) is 4.99 Å². The molecule has 2 rings (SSSR count). The molecule has 0 aromatic carbocycles. The van der Waals surface area contributed by atoms with Gasteiger partial charge in [0, 0.05) is 17.5 Å². The molecule has 0 N–H and O–H groups in total. The Hall–Kier alpha value is -0.630. The third kappa shape index (κ3) is 0.793. The lowest BCUT2D eigenvalue weighted by Crippen LogP contribution is -1.94. The van der Waals surface area contributed by atoms with E-state index in [0.717, 1.165) is 13.0 Å². The van der Waals surface area contributed by atoms with Crippen LogP contribution in [0.1, 0.15) is 10.4 Å². The van der Waals surface area contributed by atoms with Crippen LogP contribution in [0.25, 0.3) is 0 Å². The Morgan fingerprint density at radius 1 is 1.56 bits per heavy atom. The van der Waals surface area contributed by atoms with Crippen molar-refractivity contribution in [3.05, 3.63) is 21.9 Å². The molecule has 2 heteroatoms. The van der Waals surface area contributed by atoms with Gasteiger partial charge in [-0.3, -0.25) is 4.99 Å². The second kappa shape index (κ2) is 1.95. The van der Waals surface area contributed by atoms with E-state index in [-0.39, 0.29) is 0 Å². The lowest BCUT2D eigenvalue weighted by atomic mass is 10.2. The van der Waals surface area contributed by atoms with Gasteiger partial charge in [-0.1, -0.05) is 0 Å². The average Bonchev–Trinajstić information content (AvgIpc) is 2.33. The summed E-state index contributed by atoms with van der Waals surface area (Å²) in [6, 6.07) is 2.19. The quantitative estimate of drug-likeness (QED) is 0.517. The van der Waals surface area contributed by atoms with Gasteiger partial charge in [-0.15, -0.1) is 11.3 Å². The largest absolute Gasteiger partial charge is 0.292 e. The van der Waals surface area contributed by atoms with Gasteiger partial charge in [-0.25, -0.2) is 0 Å². The van der Waals surface area contributed by atoms with Gasteiger partial charge in [0.05, 0.1) is 6.54 Å². The molecule has 0 aliphatic carbocycles. The summed E-state index contributed by atoms with van der Waals surface area (Å²) < 4.78 is 0. The van der Waals surface area contributed by atoms with Gasteiger partial charge in [-0.05, 0) is 17.0 Å². The zero-order chi connectivity index (χ0) is 6.10. The monoisotopic (exact) mass is 137 g/mol. The Morgan fingerprint density at radius 3 is 3.44 bits per heavy atom. The fraction of sp³-hybridized carbons (Fsp3) is 0.286. The topological polar surface area (TPSA) is 12.4 Å². The molecule has 0 atom stereocenters. The highest BCUT2D eigenvalue weighted by atomic mass is 32.1. The number of hydrogen-bond donors (Lipinski definition) is 0. The Morgan fingerprint density at radius 2 is 2.56 bits per heavy atom. The van der Waals surface area contributed by atoms with Crippen LogP contribution in [0.4, 0.5) is 0 Å². The van der Waals surface area contributed by atoms with Crippen molar-refractivity contribution in [2.45, 2.75) is 13.0 Å². The molecule has 1 aromatic heterocycles. The third-order valence-electron chi connectivity index (χ3n) is 1.51. The predicted molar refractivity (Wildman–Crippen MR) is 40.2 cm³/mol. The van der Waals surface area contributed by atoms with E-state index in [1.54, 1.807) is 0 Å². The van der Waals surface area contributed by atoms with Crippen molar-refractivity contribution in [3.8, 4) is 0 Å². The van der Waals surface area contributed by atoms with Crippen molar-refractivity contribution in [2.75, 3.05) is 0 Å². The summed E-state index contributed by atoms with van der Waals surface area (Å²) >= 11 is 1.81. The highest BCUT2D eigenvalue weighted by molar-refractivity contribution is 7.10. The number of hydrogen-bond acceptors (Lipinski definition) is 2. The van der Waals surface area contributed by atoms with E-state index < -0.39 is 0 Å². The van der Waals surface area contributed by atoms with Crippen molar-refractivity contribution in [1.82, 2.24) is 0 Å². The highest BCUT2D eigenvalue weighted by Crippen LogP contribution is 2.19. The number of aliphatic imine (C=N–C) groups is 1. The van der Waals surface area contributed by atoms with E-state index in [1.807, 2.05) is 17.6 Å². The van der Waals surface area contributed by atoms with Crippen molar-refractivity contribution >= 4 is 17.6 Å². The lowest BCUT2D eigenvalue weighted by Gasteiger charge is -2.01. The van der Waals surface area contributed by atoms with Gasteiger partial charge in [0.2, 0.25) is 0 Å². The van der Waals surface area contributed by atoms with Crippen LogP contribution in [0.5, 0.6) is 0 Å². The van der Waals surface area contributed by atoms with Crippen molar-refractivity contribution in [1.29, 1.82) is 0 Å². The first kappa shape index (κ1) is 5.18. The normalized spacial score (nSPS) is 15.6. The zero-order valence-corrected chi connectivity index (χ0v) is 5.82. The van der Waals surface area contributed by atoms with Crippen LogP contribution >= 0.6 is 11.3 Å². The van der Waals surface area contributed by atoms with Gasteiger partial charge in [0.1, 0.15) is 0 Å². The van der Waals surface area contributed by atoms with E-state index in [1.165, 1.54) is 10.4 Å². The van der Waals surface area contributed by atoms with E-state index in [0.29, 0.717) is 0 Å². The maximum absolute atomic E-state index is 4.18. The number of rotatable bonds is 0. The Bertz CT molecular complexity index is 214. The SMILES string of the molecule is C1=NCc2sccc2C1. The molecule has 46 valence electrons. The first-order valence-corrected chi connectivity index (χ1v) is 3.88. The fourth-order valence-corrected chi connectivity index (χ4v) is 1.85. The summed E-state index contributed by atoms with van der Waals surface area (Å²) in [4.78, 5) is 5.62. The summed E-state index contributed by atoms with van der Waals surface area (Å²) in [5.41, 5.74) is 1.47. The maximum Gasteiger partial charge on any atom is 0.0731 e. The van der Waals surface area contributed by atoms with Crippen LogP contribution < -0.4 is 0 Å². The van der Waals surface area contributed by atoms with Crippen LogP contribution in [0.2, 0.25) is 0 Å². The molecule has 0 radical (unpaired) electrons. The van der Waals surface area contributed by atoms with Gasteiger partial charge in [0.15, 0.2) is 0 Å². The second-order valence-electron chi connectivity index (χ2n) is 2.10. The van der Waals surface area contributed by atoms with Gasteiger partial charge in [0.25, 0.3) is 0 Å². The van der Waals surface area contributed by atoms with E-state index >= 15 is 0 Å². The third-order valence-corrected chi connectivity index (χ3v) is 2.46. The molecular weight excluding hydrogens is 130 g/mol. The Kier molecular flexibility index (Phi) is 1.12. The molecule has 0 bridgehead atoms. The molecule has 1 aliphatic rings. The van der Waals surface area contributed by atoms with Gasteiger partial charge >= 0.3 is 0 Å². The molecule has 1 aliphatic heterocycles. The molecular formula is C7H7NS. The van der Waals surface area contributed by atoms with Gasteiger partial charge < -0.3 is 0 Å². The molecule has 0 spiro atoms. The van der Waals surface area contributed by atoms with Crippen LogP contribution in [-0.2, 0) is 13.0 Å². The summed E-state index contributed by atoms with van der Waals surface area (Å²) in [5, 5.41) is 2.14. The molecule has 0 saturated carbocycles. The minimum absolute atomic E-state index is 0.910. The van der Waals surface area contributed by atoms with Crippen LogP contribution in [0.15, 0.2) is 16.4 Å². The highest BCUT2D eigenvalue weighted by Gasteiger charge is 2.04. The number of fused-ring (bicyclic) bond motifs is 1. The molecule has 0 amide bonds. The fourth-order valence-electron chi connectivity index (χ4n) is 0.998. The summed E-state index contributed by atoms with van der Waals surface area (Å²) in [5.74, 6) is 0. The standard InChI is InChI=1S/C7H7NS/c1-3-8-5-7-6(1)2-4-9-7/h2-4H,1,5H2. The number of thiophene rings is 1.